The van der Waals surface area contributed by atoms with Gasteiger partial charge in [0.15, 0.2) is 0 Å². The number of hydrogen-bond donors (Lipinski definition) is 1. The van der Waals surface area contributed by atoms with E-state index in [1.807, 2.05) is 13.0 Å². The van der Waals surface area contributed by atoms with Gasteiger partial charge in [0, 0.05) is 45.9 Å². The highest BCUT2D eigenvalue weighted by Gasteiger charge is 2.17. The average molecular weight is 378 g/mol. The second-order valence-corrected chi connectivity index (χ2v) is 6.91. The Bertz CT molecular complexity index is 559. The van der Waals surface area contributed by atoms with Crippen LogP contribution in [0.3, 0.4) is 0 Å². The normalized spacial score (nSPS) is 17.0. The van der Waals surface area contributed by atoms with Crippen molar-refractivity contribution in [2.75, 3.05) is 52.5 Å². The van der Waals surface area contributed by atoms with Gasteiger partial charge in [0.25, 0.3) is 0 Å². The molecule has 2 rings (SSSR count). The van der Waals surface area contributed by atoms with Crippen LogP contribution < -0.4 is 5.32 Å². The second kappa shape index (κ2) is 12.1. The lowest BCUT2D eigenvalue weighted by Gasteiger charge is -2.34. The first-order chi connectivity index (χ1) is 13.1. The number of carbonyl (C=O) groups excluding carboxylic acids is 1. The van der Waals surface area contributed by atoms with Crippen LogP contribution in [0.1, 0.15) is 31.9 Å². The maximum absolute atomic E-state index is 12.3. The summed E-state index contributed by atoms with van der Waals surface area (Å²) in [6.07, 6.45) is -0.472. The largest absolute Gasteiger partial charge is 0.379 e. The zero-order valence-electron chi connectivity index (χ0n) is 17.1. The van der Waals surface area contributed by atoms with Crippen molar-refractivity contribution in [3.63, 3.8) is 0 Å². The Balaban J connectivity index is 1.80. The van der Waals surface area contributed by atoms with Crippen molar-refractivity contribution in [1.82, 2.24) is 15.1 Å². The molecule has 1 aliphatic rings. The van der Waals surface area contributed by atoms with Crippen LogP contribution in [0.2, 0.25) is 0 Å². The minimum absolute atomic E-state index is 0.0853. The molecule has 1 amide bonds. The molecule has 0 aromatic heterocycles. The predicted molar refractivity (Wildman–Crippen MR) is 108 cm³/mol. The smallest absolute Gasteiger partial charge is 0.249 e. The van der Waals surface area contributed by atoms with Crippen LogP contribution in [0.5, 0.6) is 0 Å². The summed E-state index contributed by atoms with van der Waals surface area (Å²) in [7, 11) is 0. The third-order valence-corrected chi connectivity index (χ3v) is 5.05. The van der Waals surface area contributed by atoms with Gasteiger partial charge in [-0.2, -0.15) is 0 Å². The Morgan fingerprint density at radius 1 is 1.07 bits per heavy atom. The lowest BCUT2D eigenvalue weighted by Crippen LogP contribution is -2.45. The first-order valence-corrected chi connectivity index (χ1v) is 10.1. The van der Waals surface area contributed by atoms with Crippen molar-refractivity contribution in [2.24, 2.45) is 0 Å². The quantitative estimate of drug-likeness (QED) is 0.597. The Morgan fingerprint density at radius 3 is 2.41 bits per heavy atom. The number of hydrogen-bond acceptors (Lipinski definition) is 5. The number of nitrogens with one attached hydrogen (secondary N) is 1. The van der Waals surface area contributed by atoms with Gasteiger partial charge in [-0.3, -0.25) is 9.69 Å². The minimum atomic E-state index is -0.472. The van der Waals surface area contributed by atoms with Gasteiger partial charge >= 0.3 is 0 Å². The zero-order valence-corrected chi connectivity index (χ0v) is 17.1. The molecule has 152 valence electrons. The second-order valence-electron chi connectivity index (χ2n) is 6.91. The molecule has 0 bridgehead atoms. The highest BCUT2D eigenvalue weighted by Crippen LogP contribution is 2.13. The van der Waals surface area contributed by atoms with Crippen LogP contribution in [0.15, 0.2) is 24.3 Å². The van der Waals surface area contributed by atoms with Gasteiger partial charge in [-0.25, -0.2) is 0 Å². The summed E-state index contributed by atoms with van der Waals surface area (Å²) in [5, 5.41) is 3.00. The van der Waals surface area contributed by atoms with Crippen LogP contribution in [-0.2, 0) is 27.4 Å². The fourth-order valence-corrected chi connectivity index (χ4v) is 3.22. The van der Waals surface area contributed by atoms with Crippen molar-refractivity contribution in [2.45, 2.75) is 40.0 Å². The van der Waals surface area contributed by atoms with E-state index in [0.29, 0.717) is 26.4 Å². The van der Waals surface area contributed by atoms with Gasteiger partial charge in [-0.05, 0) is 31.5 Å². The standard InChI is InChI=1S/C21H35N3O3/c1-4-23-10-12-24(13-11-23)17-20-9-7-6-8-19(20)16-22-21(25)18(3)27-15-14-26-5-2/h6-9,18H,4-5,10-17H2,1-3H3,(H,22,25). The molecule has 1 fully saturated rings. The van der Waals surface area contributed by atoms with Gasteiger partial charge in [0.05, 0.1) is 13.2 Å². The summed E-state index contributed by atoms with van der Waals surface area (Å²) >= 11 is 0. The molecular formula is C21H35N3O3. The van der Waals surface area contributed by atoms with Gasteiger partial charge in [0.1, 0.15) is 6.10 Å². The van der Waals surface area contributed by atoms with Crippen LogP contribution >= 0.6 is 0 Å². The lowest BCUT2D eigenvalue weighted by molar-refractivity contribution is -0.132. The van der Waals surface area contributed by atoms with Crippen molar-refractivity contribution in [3.05, 3.63) is 35.4 Å². The average Bonchev–Trinajstić information content (AvgIpc) is 2.70. The Hall–Kier alpha value is -1.47. The molecule has 1 N–H and O–H groups in total. The Labute approximate surface area is 163 Å². The molecular weight excluding hydrogens is 342 g/mol. The summed E-state index contributed by atoms with van der Waals surface area (Å²) in [5.74, 6) is -0.0853. The highest BCUT2D eigenvalue weighted by molar-refractivity contribution is 5.80. The van der Waals surface area contributed by atoms with Gasteiger partial charge < -0.3 is 19.7 Å². The third-order valence-electron chi connectivity index (χ3n) is 5.05. The zero-order chi connectivity index (χ0) is 19.5. The van der Waals surface area contributed by atoms with Gasteiger partial charge in [-0.1, -0.05) is 31.2 Å². The monoisotopic (exact) mass is 377 g/mol. The molecule has 1 unspecified atom stereocenters. The minimum Gasteiger partial charge on any atom is -0.379 e. The molecule has 27 heavy (non-hydrogen) atoms. The lowest BCUT2D eigenvalue weighted by atomic mass is 10.1. The van der Waals surface area contributed by atoms with Crippen molar-refractivity contribution < 1.29 is 14.3 Å². The molecule has 6 heteroatoms. The van der Waals surface area contributed by atoms with E-state index in [1.54, 1.807) is 6.92 Å². The summed E-state index contributed by atoms with van der Waals surface area (Å²) in [4.78, 5) is 17.2. The molecule has 1 aliphatic heterocycles. The number of amides is 1. The summed E-state index contributed by atoms with van der Waals surface area (Å²) in [5.41, 5.74) is 2.46. The van der Waals surface area contributed by atoms with E-state index in [4.69, 9.17) is 9.47 Å². The van der Waals surface area contributed by atoms with E-state index in [0.717, 1.165) is 39.3 Å². The number of carbonyl (C=O) groups is 1. The van der Waals surface area contributed by atoms with Crippen LogP contribution in [0.4, 0.5) is 0 Å². The van der Waals surface area contributed by atoms with E-state index in [-0.39, 0.29) is 5.91 Å². The van der Waals surface area contributed by atoms with Gasteiger partial charge in [-0.15, -0.1) is 0 Å². The van der Waals surface area contributed by atoms with E-state index in [1.165, 1.54) is 11.1 Å². The summed E-state index contributed by atoms with van der Waals surface area (Å²) < 4.78 is 10.7. The van der Waals surface area contributed by atoms with Crippen LogP contribution in [0.25, 0.3) is 0 Å². The van der Waals surface area contributed by atoms with Crippen molar-refractivity contribution in [1.29, 1.82) is 0 Å². The Morgan fingerprint density at radius 2 is 1.74 bits per heavy atom. The summed E-state index contributed by atoms with van der Waals surface area (Å²) in [6, 6.07) is 8.36. The van der Waals surface area contributed by atoms with Crippen LogP contribution in [-0.4, -0.2) is 74.4 Å². The predicted octanol–water partition coefficient (Wildman–Crippen LogP) is 1.88. The van der Waals surface area contributed by atoms with E-state index < -0.39 is 6.10 Å². The summed E-state index contributed by atoms with van der Waals surface area (Å²) in [6.45, 7) is 14.6. The molecule has 6 nitrogen and oxygen atoms in total. The number of ether oxygens (including phenoxy) is 2. The fourth-order valence-electron chi connectivity index (χ4n) is 3.22. The highest BCUT2D eigenvalue weighted by atomic mass is 16.5. The van der Waals surface area contributed by atoms with E-state index >= 15 is 0 Å². The first kappa shape index (κ1) is 21.8. The topological polar surface area (TPSA) is 54.0 Å². The molecule has 0 radical (unpaired) electrons. The van der Waals surface area contributed by atoms with Gasteiger partial charge in [0.2, 0.25) is 5.91 Å². The molecule has 1 aromatic carbocycles. The van der Waals surface area contributed by atoms with E-state index in [2.05, 4.69) is 40.2 Å². The number of benzene rings is 1. The van der Waals surface area contributed by atoms with Crippen molar-refractivity contribution >= 4 is 5.91 Å². The first-order valence-electron chi connectivity index (χ1n) is 10.1. The van der Waals surface area contributed by atoms with Crippen molar-refractivity contribution in [3.8, 4) is 0 Å². The number of nitrogens with zero attached hydrogens (tertiary/aromatic N) is 2. The molecule has 1 saturated heterocycles. The SMILES string of the molecule is CCOCCOC(C)C(=O)NCc1ccccc1CN1CCN(CC)CC1. The fraction of sp³-hybridized carbons (Fsp3) is 0.667. The maximum atomic E-state index is 12.3. The number of likely N-dealkylation sites (N-methyl/N-ethyl adjacent to an activating group) is 1. The molecule has 0 spiro atoms. The third kappa shape index (κ3) is 7.58. The van der Waals surface area contributed by atoms with Crippen LogP contribution in [0, 0.1) is 0 Å². The number of rotatable bonds is 11. The molecule has 1 atom stereocenters. The molecule has 0 aliphatic carbocycles. The molecule has 0 saturated carbocycles. The Kier molecular flexibility index (Phi) is 9.77. The number of piperazine rings is 1. The molecule has 1 heterocycles. The maximum Gasteiger partial charge on any atom is 0.249 e. The molecule has 1 aromatic rings. The van der Waals surface area contributed by atoms with E-state index in [9.17, 15) is 4.79 Å².